The fourth-order valence-electron chi connectivity index (χ4n) is 2.25. The first-order valence-corrected chi connectivity index (χ1v) is 7.53. The Balaban J connectivity index is 1.69. The SMILES string of the molecule is COc1ccc(OCC(=O)Oc2cc(=O)n3cccc(C)c3n2)cc1. The maximum Gasteiger partial charge on any atom is 0.350 e. The Morgan fingerprint density at radius 2 is 1.88 bits per heavy atom. The summed E-state index contributed by atoms with van der Waals surface area (Å²) in [5.74, 6) is 0.481. The van der Waals surface area contributed by atoms with E-state index in [-0.39, 0.29) is 18.0 Å². The molecule has 2 aromatic heterocycles. The molecule has 7 nitrogen and oxygen atoms in total. The number of ether oxygens (including phenoxy) is 3. The summed E-state index contributed by atoms with van der Waals surface area (Å²) >= 11 is 0. The zero-order valence-corrected chi connectivity index (χ0v) is 13.8. The van der Waals surface area contributed by atoms with Gasteiger partial charge in [0.2, 0.25) is 5.88 Å². The molecule has 0 aliphatic rings. The predicted octanol–water partition coefficient (Wildman–Crippen LogP) is 2.00. The Bertz CT molecular complexity index is 963. The van der Waals surface area contributed by atoms with Crippen molar-refractivity contribution in [3.8, 4) is 17.4 Å². The molecule has 0 unspecified atom stereocenters. The van der Waals surface area contributed by atoms with Gasteiger partial charge in [-0.25, -0.2) is 4.79 Å². The van der Waals surface area contributed by atoms with E-state index < -0.39 is 5.97 Å². The molecule has 0 aliphatic heterocycles. The summed E-state index contributed by atoms with van der Waals surface area (Å²) in [6.07, 6.45) is 1.61. The van der Waals surface area contributed by atoms with E-state index in [2.05, 4.69) is 4.98 Å². The monoisotopic (exact) mass is 340 g/mol. The normalized spacial score (nSPS) is 10.5. The first-order chi connectivity index (χ1) is 12.1. The van der Waals surface area contributed by atoms with Crippen molar-refractivity contribution in [1.82, 2.24) is 9.38 Å². The van der Waals surface area contributed by atoms with Crippen molar-refractivity contribution >= 4 is 11.6 Å². The number of carbonyl (C=O) groups is 1. The molecule has 1 aromatic carbocycles. The molecule has 128 valence electrons. The minimum absolute atomic E-state index is 0.0531. The molecule has 25 heavy (non-hydrogen) atoms. The summed E-state index contributed by atoms with van der Waals surface area (Å²) < 4.78 is 16.9. The molecule has 0 bridgehead atoms. The summed E-state index contributed by atoms with van der Waals surface area (Å²) in [4.78, 5) is 28.2. The number of esters is 1. The third-order valence-electron chi connectivity index (χ3n) is 3.50. The number of nitrogens with zero attached hydrogens (tertiary/aromatic N) is 2. The standard InChI is InChI=1S/C18H16N2O5/c1-12-4-3-9-20-16(21)10-15(19-18(12)20)25-17(22)11-24-14-7-5-13(23-2)6-8-14/h3-10H,11H2,1-2H3. The van der Waals surface area contributed by atoms with Gasteiger partial charge in [-0.05, 0) is 42.8 Å². The molecule has 0 spiro atoms. The molecule has 7 heteroatoms. The van der Waals surface area contributed by atoms with E-state index >= 15 is 0 Å². The van der Waals surface area contributed by atoms with E-state index in [0.717, 1.165) is 11.6 Å². The molecule has 0 fully saturated rings. The summed E-state index contributed by atoms with van der Waals surface area (Å²) in [6, 6.07) is 11.5. The van der Waals surface area contributed by atoms with Crippen molar-refractivity contribution in [3.63, 3.8) is 0 Å². The van der Waals surface area contributed by atoms with Crippen molar-refractivity contribution in [2.24, 2.45) is 0 Å². The number of benzene rings is 1. The Kier molecular flexibility index (Phi) is 4.65. The molecule has 0 saturated carbocycles. The van der Waals surface area contributed by atoms with Crippen LogP contribution in [0.15, 0.2) is 53.5 Å². The van der Waals surface area contributed by atoms with Crippen LogP contribution in [-0.2, 0) is 4.79 Å². The second-order valence-electron chi connectivity index (χ2n) is 5.26. The van der Waals surface area contributed by atoms with Gasteiger partial charge in [0, 0.05) is 6.20 Å². The maximum absolute atomic E-state index is 12.1. The van der Waals surface area contributed by atoms with E-state index in [1.807, 2.05) is 13.0 Å². The quantitative estimate of drug-likeness (QED) is 0.661. The third kappa shape index (κ3) is 3.77. The van der Waals surface area contributed by atoms with Crippen LogP contribution in [0.1, 0.15) is 5.56 Å². The van der Waals surface area contributed by atoms with E-state index in [4.69, 9.17) is 14.2 Å². The van der Waals surface area contributed by atoms with E-state index in [1.165, 1.54) is 4.40 Å². The summed E-state index contributed by atoms with van der Waals surface area (Å²) in [7, 11) is 1.56. The summed E-state index contributed by atoms with van der Waals surface area (Å²) in [5.41, 5.74) is 0.911. The third-order valence-corrected chi connectivity index (χ3v) is 3.50. The number of aromatic nitrogens is 2. The lowest BCUT2D eigenvalue weighted by atomic mass is 10.3. The second-order valence-corrected chi connectivity index (χ2v) is 5.26. The average molecular weight is 340 g/mol. The molecular weight excluding hydrogens is 324 g/mol. The van der Waals surface area contributed by atoms with Crippen LogP contribution in [0.25, 0.3) is 5.65 Å². The van der Waals surface area contributed by atoms with Gasteiger partial charge in [0.05, 0.1) is 13.2 Å². The van der Waals surface area contributed by atoms with Crippen LogP contribution in [-0.4, -0.2) is 29.1 Å². The average Bonchev–Trinajstić information content (AvgIpc) is 2.61. The largest absolute Gasteiger partial charge is 0.497 e. The predicted molar refractivity (Wildman–Crippen MR) is 90.3 cm³/mol. The molecule has 3 rings (SSSR count). The van der Waals surface area contributed by atoms with Crippen LogP contribution >= 0.6 is 0 Å². The van der Waals surface area contributed by atoms with Crippen molar-refractivity contribution in [2.75, 3.05) is 13.7 Å². The van der Waals surface area contributed by atoms with Crippen LogP contribution in [0.2, 0.25) is 0 Å². The number of methoxy groups -OCH3 is 1. The molecule has 0 atom stereocenters. The number of hydrogen-bond acceptors (Lipinski definition) is 6. The van der Waals surface area contributed by atoms with Gasteiger partial charge in [-0.15, -0.1) is 0 Å². The minimum Gasteiger partial charge on any atom is -0.497 e. The van der Waals surface area contributed by atoms with Crippen molar-refractivity contribution in [3.05, 3.63) is 64.6 Å². The van der Waals surface area contributed by atoms with Gasteiger partial charge in [-0.3, -0.25) is 9.20 Å². The number of carbonyl (C=O) groups excluding carboxylic acids is 1. The highest BCUT2D eigenvalue weighted by molar-refractivity contribution is 5.73. The zero-order valence-electron chi connectivity index (χ0n) is 13.8. The molecule has 3 aromatic rings. The van der Waals surface area contributed by atoms with E-state index in [0.29, 0.717) is 17.1 Å². The van der Waals surface area contributed by atoms with Crippen molar-refractivity contribution < 1.29 is 19.0 Å². The number of rotatable bonds is 5. The van der Waals surface area contributed by atoms with Crippen LogP contribution < -0.4 is 19.8 Å². The molecule has 0 radical (unpaired) electrons. The summed E-state index contributed by atoms with van der Waals surface area (Å²) in [6.45, 7) is 1.52. The van der Waals surface area contributed by atoms with Crippen LogP contribution in [0.3, 0.4) is 0 Å². The van der Waals surface area contributed by atoms with Gasteiger partial charge in [0.15, 0.2) is 6.61 Å². The lowest BCUT2D eigenvalue weighted by Gasteiger charge is -2.08. The van der Waals surface area contributed by atoms with Crippen molar-refractivity contribution in [1.29, 1.82) is 0 Å². The van der Waals surface area contributed by atoms with Crippen molar-refractivity contribution in [2.45, 2.75) is 6.92 Å². The lowest BCUT2D eigenvalue weighted by molar-refractivity contribution is -0.136. The summed E-state index contributed by atoms with van der Waals surface area (Å²) in [5, 5.41) is 0. The Hall–Kier alpha value is -3.35. The van der Waals surface area contributed by atoms with Gasteiger partial charge in [-0.2, -0.15) is 4.98 Å². The highest BCUT2D eigenvalue weighted by Gasteiger charge is 2.11. The van der Waals surface area contributed by atoms with Gasteiger partial charge in [0.25, 0.3) is 5.56 Å². The fourth-order valence-corrected chi connectivity index (χ4v) is 2.25. The Morgan fingerprint density at radius 1 is 1.16 bits per heavy atom. The lowest BCUT2D eigenvalue weighted by Crippen LogP contribution is -2.21. The molecule has 0 N–H and O–H groups in total. The molecule has 0 amide bonds. The van der Waals surface area contributed by atoms with Crippen LogP contribution in [0.5, 0.6) is 17.4 Å². The molecule has 2 heterocycles. The molecule has 0 aliphatic carbocycles. The van der Waals surface area contributed by atoms with E-state index in [1.54, 1.807) is 43.6 Å². The Morgan fingerprint density at radius 3 is 2.60 bits per heavy atom. The van der Waals surface area contributed by atoms with Gasteiger partial charge in [-0.1, -0.05) is 6.07 Å². The molecular formula is C18H16N2O5. The molecule has 0 saturated heterocycles. The highest BCUT2D eigenvalue weighted by atomic mass is 16.6. The van der Waals surface area contributed by atoms with Gasteiger partial charge >= 0.3 is 5.97 Å². The minimum atomic E-state index is -0.652. The first kappa shape index (κ1) is 16.5. The second kappa shape index (κ2) is 7.04. The fraction of sp³-hybridized carbons (Fsp3) is 0.167. The number of pyridine rings is 1. The Labute approximate surface area is 143 Å². The zero-order chi connectivity index (χ0) is 17.8. The van der Waals surface area contributed by atoms with Crippen LogP contribution in [0.4, 0.5) is 0 Å². The number of hydrogen-bond donors (Lipinski definition) is 0. The topological polar surface area (TPSA) is 79.1 Å². The number of fused-ring (bicyclic) bond motifs is 1. The van der Waals surface area contributed by atoms with E-state index in [9.17, 15) is 9.59 Å². The number of aryl methyl sites for hydroxylation is 1. The van der Waals surface area contributed by atoms with Crippen LogP contribution in [0, 0.1) is 6.92 Å². The first-order valence-electron chi connectivity index (χ1n) is 7.53. The van der Waals surface area contributed by atoms with Gasteiger partial charge in [0.1, 0.15) is 17.1 Å². The van der Waals surface area contributed by atoms with Gasteiger partial charge < -0.3 is 14.2 Å². The smallest absolute Gasteiger partial charge is 0.350 e. The maximum atomic E-state index is 12.1. The highest BCUT2D eigenvalue weighted by Crippen LogP contribution is 2.17.